The molecule has 1 aromatic rings. The Kier molecular flexibility index (Phi) is 10.8. The highest BCUT2D eigenvalue weighted by atomic mass is 16.5. The van der Waals surface area contributed by atoms with E-state index in [2.05, 4.69) is 10.6 Å². The van der Waals surface area contributed by atoms with Crippen molar-refractivity contribution in [1.29, 1.82) is 0 Å². The maximum absolute atomic E-state index is 5.50. The third kappa shape index (κ3) is 9.71. The summed E-state index contributed by atoms with van der Waals surface area (Å²) in [4.78, 5) is 0. The monoisotopic (exact) mass is 284 g/mol. The van der Waals surface area contributed by atoms with Gasteiger partial charge in [-0.1, -0.05) is 18.2 Å². The van der Waals surface area contributed by atoms with Crippen molar-refractivity contribution in [2.75, 3.05) is 53.7 Å². The molecule has 0 aliphatic carbocycles. The van der Waals surface area contributed by atoms with Crippen molar-refractivity contribution in [3.63, 3.8) is 0 Å². The molecule has 0 aliphatic heterocycles. The first-order valence-corrected chi connectivity index (χ1v) is 6.67. The summed E-state index contributed by atoms with van der Waals surface area (Å²) in [5, 5.41) is 6.04. The minimum Gasteiger partial charge on any atom is -0.491 e. The van der Waals surface area contributed by atoms with Crippen molar-refractivity contribution in [3.05, 3.63) is 30.3 Å². The molecule has 0 aliphatic rings. The van der Waals surface area contributed by atoms with E-state index in [0.717, 1.165) is 12.3 Å². The van der Waals surface area contributed by atoms with E-state index in [4.69, 9.17) is 18.9 Å². The van der Waals surface area contributed by atoms with Crippen LogP contribution in [0.4, 0.5) is 0 Å². The van der Waals surface area contributed by atoms with Gasteiger partial charge in [-0.15, -0.1) is 0 Å². The molecule has 114 valence electrons. The smallest absolute Gasteiger partial charge is 0.119 e. The molecule has 0 radical (unpaired) electrons. The van der Waals surface area contributed by atoms with E-state index < -0.39 is 0 Å². The van der Waals surface area contributed by atoms with Gasteiger partial charge in [0.1, 0.15) is 12.4 Å². The topological polar surface area (TPSA) is 61.0 Å². The predicted molar refractivity (Wildman–Crippen MR) is 76.6 cm³/mol. The van der Waals surface area contributed by atoms with Gasteiger partial charge in [-0.2, -0.15) is 0 Å². The highest BCUT2D eigenvalue weighted by Crippen LogP contribution is 2.07. The summed E-state index contributed by atoms with van der Waals surface area (Å²) in [6.07, 6.45) is 0. The quantitative estimate of drug-likeness (QED) is 0.413. The van der Waals surface area contributed by atoms with Crippen LogP contribution in [0.5, 0.6) is 5.75 Å². The number of nitrogens with one attached hydrogen (secondary N) is 2. The number of hydrogen-bond donors (Lipinski definition) is 2. The molecule has 20 heavy (non-hydrogen) atoms. The lowest BCUT2D eigenvalue weighted by Gasteiger charge is -2.08. The van der Waals surface area contributed by atoms with Crippen LogP contribution in [0.3, 0.4) is 0 Å². The molecular weight excluding hydrogens is 260 g/mol. The Morgan fingerprint density at radius 2 is 1.65 bits per heavy atom. The molecule has 0 fully saturated rings. The molecule has 0 unspecified atom stereocenters. The summed E-state index contributed by atoms with van der Waals surface area (Å²) in [6, 6.07) is 9.71. The molecular formula is C14H24N2O4. The van der Waals surface area contributed by atoms with E-state index in [-0.39, 0.29) is 0 Å². The molecule has 0 amide bonds. The fourth-order valence-corrected chi connectivity index (χ4v) is 1.39. The summed E-state index contributed by atoms with van der Waals surface area (Å²) in [6.45, 7) is 3.95. The van der Waals surface area contributed by atoms with Crippen molar-refractivity contribution in [2.45, 2.75) is 0 Å². The second kappa shape index (κ2) is 12.8. The first-order chi connectivity index (χ1) is 9.93. The van der Waals surface area contributed by atoms with Gasteiger partial charge in [-0.3, -0.25) is 10.6 Å². The molecule has 0 aromatic heterocycles. The van der Waals surface area contributed by atoms with Gasteiger partial charge in [0, 0.05) is 13.7 Å². The van der Waals surface area contributed by atoms with Crippen molar-refractivity contribution in [2.24, 2.45) is 0 Å². The number of rotatable bonds is 13. The fraction of sp³-hybridized carbons (Fsp3) is 0.571. The maximum atomic E-state index is 5.50. The van der Waals surface area contributed by atoms with Crippen molar-refractivity contribution >= 4 is 0 Å². The van der Waals surface area contributed by atoms with E-state index in [1.54, 1.807) is 7.11 Å². The maximum Gasteiger partial charge on any atom is 0.119 e. The van der Waals surface area contributed by atoms with Gasteiger partial charge in [-0.25, -0.2) is 0 Å². The van der Waals surface area contributed by atoms with Crippen LogP contribution < -0.4 is 15.4 Å². The van der Waals surface area contributed by atoms with E-state index in [1.165, 1.54) is 0 Å². The minimum absolute atomic E-state index is 0.465. The number of methoxy groups -OCH3 is 1. The van der Waals surface area contributed by atoms with Crippen molar-refractivity contribution in [3.8, 4) is 5.75 Å². The lowest BCUT2D eigenvalue weighted by molar-refractivity contribution is 0.0590. The van der Waals surface area contributed by atoms with Crippen molar-refractivity contribution in [1.82, 2.24) is 10.6 Å². The summed E-state index contributed by atoms with van der Waals surface area (Å²) in [7, 11) is 1.63. The van der Waals surface area contributed by atoms with E-state index in [0.29, 0.717) is 40.0 Å². The number of para-hydroxylation sites is 1. The van der Waals surface area contributed by atoms with Crippen LogP contribution in [0.15, 0.2) is 30.3 Å². The molecule has 0 saturated carbocycles. The second-order valence-electron chi connectivity index (χ2n) is 3.95. The molecule has 6 nitrogen and oxygen atoms in total. The molecule has 1 aromatic carbocycles. The Morgan fingerprint density at radius 1 is 0.850 bits per heavy atom. The Balaban J connectivity index is 1.77. The fourth-order valence-electron chi connectivity index (χ4n) is 1.39. The summed E-state index contributed by atoms with van der Waals surface area (Å²) in [5.41, 5.74) is 0. The number of ether oxygens (including phenoxy) is 4. The molecule has 0 saturated heterocycles. The predicted octanol–water partition coefficient (Wildman–Crippen LogP) is 0.797. The van der Waals surface area contributed by atoms with Crippen LogP contribution in [0, 0.1) is 0 Å². The highest BCUT2D eigenvalue weighted by molar-refractivity contribution is 5.20. The van der Waals surface area contributed by atoms with Crippen LogP contribution >= 0.6 is 0 Å². The SMILES string of the molecule is COCNCOCNCCOCCOc1ccccc1. The minimum atomic E-state index is 0.465. The lowest BCUT2D eigenvalue weighted by atomic mass is 10.3. The van der Waals surface area contributed by atoms with E-state index in [1.807, 2.05) is 30.3 Å². The van der Waals surface area contributed by atoms with Gasteiger partial charge >= 0.3 is 0 Å². The van der Waals surface area contributed by atoms with Gasteiger partial charge in [0.25, 0.3) is 0 Å². The number of hydrogen-bond acceptors (Lipinski definition) is 6. The largest absolute Gasteiger partial charge is 0.491 e. The lowest BCUT2D eigenvalue weighted by Crippen LogP contribution is -2.27. The normalized spacial score (nSPS) is 10.7. The van der Waals surface area contributed by atoms with Gasteiger partial charge in [0.05, 0.1) is 33.4 Å². The Hall–Kier alpha value is -1.18. The van der Waals surface area contributed by atoms with Crippen molar-refractivity contribution < 1.29 is 18.9 Å². The first kappa shape index (κ1) is 16.9. The average molecular weight is 284 g/mol. The molecule has 0 spiro atoms. The average Bonchev–Trinajstić information content (AvgIpc) is 2.49. The Bertz CT molecular complexity index is 311. The molecule has 6 heteroatoms. The van der Waals surface area contributed by atoms with E-state index >= 15 is 0 Å². The van der Waals surface area contributed by atoms with Gasteiger partial charge in [-0.05, 0) is 12.1 Å². The molecule has 0 atom stereocenters. The zero-order chi connectivity index (χ0) is 14.3. The van der Waals surface area contributed by atoms with Gasteiger partial charge < -0.3 is 18.9 Å². The van der Waals surface area contributed by atoms with E-state index in [9.17, 15) is 0 Å². The summed E-state index contributed by atoms with van der Waals surface area (Å²) >= 11 is 0. The third-order valence-electron chi connectivity index (χ3n) is 2.32. The Labute approximate surface area is 120 Å². The van der Waals surface area contributed by atoms with Crippen LogP contribution in [0.2, 0.25) is 0 Å². The molecule has 2 N–H and O–H groups in total. The zero-order valence-electron chi connectivity index (χ0n) is 12.0. The first-order valence-electron chi connectivity index (χ1n) is 6.67. The Morgan fingerprint density at radius 3 is 2.45 bits per heavy atom. The molecule has 0 heterocycles. The zero-order valence-corrected chi connectivity index (χ0v) is 12.0. The van der Waals surface area contributed by atoms with Crippen LogP contribution in [-0.2, 0) is 14.2 Å². The standard InChI is InChI=1S/C14H24N2O4/c1-17-11-16-13-19-12-15-7-8-18-9-10-20-14-5-3-2-4-6-14/h2-6,15-16H,7-13H2,1H3. The van der Waals surface area contributed by atoms with Gasteiger partial charge in [0.15, 0.2) is 0 Å². The second-order valence-corrected chi connectivity index (χ2v) is 3.95. The van der Waals surface area contributed by atoms with Crippen LogP contribution in [0.25, 0.3) is 0 Å². The summed E-state index contributed by atoms with van der Waals surface area (Å²) in [5.74, 6) is 0.867. The summed E-state index contributed by atoms with van der Waals surface area (Å²) < 4.78 is 21.0. The van der Waals surface area contributed by atoms with Crippen LogP contribution in [-0.4, -0.2) is 53.7 Å². The molecule has 1 rings (SSSR count). The number of benzene rings is 1. The van der Waals surface area contributed by atoms with Crippen LogP contribution in [0.1, 0.15) is 0 Å². The highest BCUT2D eigenvalue weighted by Gasteiger charge is 1.92. The molecule has 0 bridgehead atoms. The van der Waals surface area contributed by atoms with Gasteiger partial charge in [0.2, 0.25) is 0 Å². The third-order valence-corrected chi connectivity index (χ3v) is 2.32.